The molecule has 98 valence electrons. The highest BCUT2D eigenvalue weighted by molar-refractivity contribution is 5.63. The topological polar surface area (TPSA) is 35.5 Å². The molecule has 3 nitrogen and oxygen atoms in total. The van der Waals surface area contributed by atoms with E-state index in [1.54, 1.807) is 24.3 Å². The molecule has 0 spiro atoms. The Morgan fingerprint density at radius 2 is 2.06 bits per heavy atom. The molecule has 1 aromatic carbocycles. The molecule has 3 heteroatoms. The minimum Gasteiger partial charge on any atom is -0.431 e. The monoisotopic (exact) mass is 248 g/mol. The van der Waals surface area contributed by atoms with Gasteiger partial charge in [0.15, 0.2) is 0 Å². The quantitative estimate of drug-likeness (QED) is 0.312. The van der Waals surface area contributed by atoms with Gasteiger partial charge in [-0.05, 0) is 44.7 Å². The van der Waals surface area contributed by atoms with Crippen LogP contribution in [0.25, 0.3) is 0 Å². The molecule has 0 heterocycles. The van der Waals surface area contributed by atoms with Gasteiger partial charge in [-0.2, -0.15) is 0 Å². The zero-order valence-corrected chi connectivity index (χ0v) is 10.8. The molecule has 1 aromatic rings. The van der Waals surface area contributed by atoms with Gasteiger partial charge >= 0.3 is 6.16 Å². The Morgan fingerprint density at radius 1 is 1.33 bits per heavy atom. The van der Waals surface area contributed by atoms with Gasteiger partial charge in [0, 0.05) is 0 Å². The van der Waals surface area contributed by atoms with Crippen molar-refractivity contribution in [2.24, 2.45) is 0 Å². The molecule has 0 fully saturated rings. The fraction of sp³-hybridized carbons (Fsp3) is 0.400. The number of unbranched alkanes of at least 4 members (excludes halogenated alkanes) is 2. The maximum Gasteiger partial charge on any atom is 0.514 e. The molecule has 0 saturated heterocycles. The van der Waals surface area contributed by atoms with Gasteiger partial charge in [0.1, 0.15) is 11.9 Å². The highest BCUT2D eigenvalue weighted by Crippen LogP contribution is 2.12. The van der Waals surface area contributed by atoms with E-state index in [0.717, 1.165) is 25.7 Å². The van der Waals surface area contributed by atoms with Crippen molar-refractivity contribution < 1.29 is 14.3 Å². The van der Waals surface area contributed by atoms with Gasteiger partial charge in [-0.1, -0.05) is 24.3 Å². The Balaban J connectivity index is 2.21. The van der Waals surface area contributed by atoms with Crippen LogP contribution in [0.3, 0.4) is 0 Å². The number of hydrogen-bond donors (Lipinski definition) is 0. The predicted molar refractivity (Wildman–Crippen MR) is 71.7 cm³/mol. The highest BCUT2D eigenvalue weighted by atomic mass is 16.7. The van der Waals surface area contributed by atoms with E-state index in [2.05, 4.69) is 6.58 Å². The molecule has 0 aliphatic heterocycles. The molecule has 0 aliphatic rings. The van der Waals surface area contributed by atoms with Crippen molar-refractivity contribution >= 4 is 6.16 Å². The minimum atomic E-state index is -0.641. The largest absolute Gasteiger partial charge is 0.514 e. The lowest BCUT2D eigenvalue weighted by Crippen LogP contribution is -2.18. The van der Waals surface area contributed by atoms with Gasteiger partial charge in [-0.3, -0.25) is 0 Å². The number of benzene rings is 1. The van der Waals surface area contributed by atoms with Crippen LogP contribution in [-0.4, -0.2) is 12.3 Å². The van der Waals surface area contributed by atoms with Crippen molar-refractivity contribution in [3.8, 4) is 5.75 Å². The van der Waals surface area contributed by atoms with E-state index in [4.69, 9.17) is 9.47 Å². The number of ether oxygens (including phenoxy) is 2. The molecule has 1 rings (SSSR count). The van der Waals surface area contributed by atoms with Crippen LogP contribution in [0.5, 0.6) is 5.75 Å². The number of carbonyl (C=O) groups is 1. The molecule has 18 heavy (non-hydrogen) atoms. The van der Waals surface area contributed by atoms with E-state index in [0.29, 0.717) is 5.75 Å². The van der Waals surface area contributed by atoms with Crippen LogP contribution in [-0.2, 0) is 4.74 Å². The first kappa shape index (κ1) is 14.3. The lowest BCUT2D eigenvalue weighted by Gasteiger charge is -2.12. The van der Waals surface area contributed by atoms with Crippen LogP contribution in [0.2, 0.25) is 0 Å². The second kappa shape index (κ2) is 8.34. The number of carbonyl (C=O) groups excluding carboxylic acids is 1. The molecule has 0 amide bonds. The molecule has 1 atom stereocenters. The maximum absolute atomic E-state index is 11.5. The summed E-state index contributed by atoms with van der Waals surface area (Å²) in [6.07, 6.45) is 5.08. The fourth-order valence-corrected chi connectivity index (χ4v) is 1.55. The van der Waals surface area contributed by atoms with Crippen LogP contribution in [0.4, 0.5) is 4.79 Å². The molecular weight excluding hydrogens is 228 g/mol. The van der Waals surface area contributed by atoms with Gasteiger partial charge < -0.3 is 9.47 Å². The van der Waals surface area contributed by atoms with Crippen LogP contribution in [0.15, 0.2) is 43.0 Å². The normalized spacial score (nSPS) is 11.6. The molecule has 0 aliphatic carbocycles. The summed E-state index contributed by atoms with van der Waals surface area (Å²) in [5.74, 6) is 0.501. The number of hydrogen-bond acceptors (Lipinski definition) is 3. The van der Waals surface area contributed by atoms with Gasteiger partial charge in [0.2, 0.25) is 0 Å². The van der Waals surface area contributed by atoms with Crippen LogP contribution < -0.4 is 4.74 Å². The summed E-state index contributed by atoms with van der Waals surface area (Å²) in [7, 11) is 0. The summed E-state index contributed by atoms with van der Waals surface area (Å²) in [6, 6.07) is 8.91. The zero-order valence-electron chi connectivity index (χ0n) is 10.8. The summed E-state index contributed by atoms with van der Waals surface area (Å²) >= 11 is 0. The molecule has 0 aromatic heterocycles. The van der Waals surface area contributed by atoms with Crippen molar-refractivity contribution in [3.05, 3.63) is 43.0 Å². The number of rotatable bonds is 7. The average Bonchev–Trinajstić information content (AvgIpc) is 2.35. The summed E-state index contributed by atoms with van der Waals surface area (Å²) < 4.78 is 10.2. The van der Waals surface area contributed by atoms with Crippen LogP contribution in [0, 0.1) is 0 Å². The zero-order chi connectivity index (χ0) is 13.2. The van der Waals surface area contributed by atoms with E-state index in [1.165, 1.54) is 0 Å². The number of allylic oxidation sites excluding steroid dienone is 1. The van der Waals surface area contributed by atoms with Crippen LogP contribution >= 0.6 is 0 Å². The SMILES string of the molecule is C=CCCCCC(C)OC(=O)Oc1ccccc1. The van der Waals surface area contributed by atoms with Crippen molar-refractivity contribution in [1.82, 2.24) is 0 Å². The predicted octanol–water partition coefficient (Wildman–Crippen LogP) is 4.34. The second-order valence-electron chi connectivity index (χ2n) is 4.17. The van der Waals surface area contributed by atoms with Crippen molar-refractivity contribution in [1.29, 1.82) is 0 Å². The Morgan fingerprint density at radius 3 is 2.72 bits per heavy atom. The van der Waals surface area contributed by atoms with E-state index in [1.807, 2.05) is 19.1 Å². The lowest BCUT2D eigenvalue weighted by molar-refractivity contribution is 0.0614. The van der Waals surface area contributed by atoms with Crippen LogP contribution in [0.1, 0.15) is 32.6 Å². The first-order chi connectivity index (χ1) is 8.72. The Kier molecular flexibility index (Phi) is 6.62. The standard InChI is InChI=1S/C15H20O3/c1-3-4-5-7-10-13(2)17-15(16)18-14-11-8-6-9-12-14/h3,6,8-9,11-13H,1,4-5,7,10H2,2H3. The molecule has 0 saturated carbocycles. The van der Waals surface area contributed by atoms with E-state index in [9.17, 15) is 4.79 Å². The third-order valence-electron chi connectivity index (χ3n) is 2.51. The first-order valence-electron chi connectivity index (χ1n) is 6.26. The Labute approximate surface area is 108 Å². The fourth-order valence-electron chi connectivity index (χ4n) is 1.55. The average molecular weight is 248 g/mol. The minimum absolute atomic E-state index is 0.119. The summed E-state index contributed by atoms with van der Waals surface area (Å²) in [6.45, 7) is 5.54. The van der Waals surface area contributed by atoms with Crippen molar-refractivity contribution in [2.45, 2.75) is 38.7 Å². The maximum atomic E-state index is 11.5. The molecule has 0 bridgehead atoms. The van der Waals surface area contributed by atoms with E-state index >= 15 is 0 Å². The van der Waals surface area contributed by atoms with Gasteiger partial charge in [-0.25, -0.2) is 4.79 Å². The third-order valence-corrected chi connectivity index (χ3v) is 2.51. The number of para-hydroxylation sites is 1. The Hall–Kier alpha value is -1.77. The van der Waals surface area contributed by atoms with Gasteiger partial charge in [0.05, 0.1) is 0 Å². The molecular formula is C15H20O3. The first-order valence-corrected chi connectivity index (χ1v) is 6.26. The molecule has 0 N–H and O–H groups in total. The molecule has 1 unspecified atom stereocenters. The van der Waals surface area contributed by atoms with E-state index in [-0.39, 0.29) is 6.10 Å². The van der Waals surface area contributed by atoms with Gasteiger partial charge in [-0.15, -0.1) is 6.58 Å². The second-order valence-corrected chi connectivity index (χ2v) is 4.17. The summed E-state index contributed by atoms with van der Waals surface area (Å²) in [5.41, 5.74) is 0. The smallest absolute Gasteiger partial charge is 0.431 e. The van der Waals surface area contributed by atoms with Gasteiger partial charge in [0.25, 0.3) is 0 Å². The molecule has 0 radical (unpaired) electrons. The summed E-state index contributed by atoms with van der Waals surface area (Å²) in [4.78, 5) is 11.5. The highest BCUT2D eigenvalue weighted by Gasteiger charge is 2.11. The summed E-state index contributed by atoms with van der Waals surface area (Å²) in [5, 5.41) is 0. The van der Waals surface area contributed by atoms with Crippen molar-refractivity contribution in [3.63, 3.8) is 0 Å². The van der Waals surface area contributed by atoms with Crippen molar-refractivity contribution in [2.75, 3.05) is 0 Å². The Bertz CT molecular complexity index is 359. The third kappa shape index (κ3) is 6.09. The van der Waals surface area contributed by atoms with E-state index < -0.39 is 6.16 Å². The lowest BCUT2D eigenvalue weighted by atomic mass is 10.1.